The molecule has 46 heavy (non-hydrogen) atoms. The molecule has 11 heteroatoms. The minimum Gasteiger partial charge on any atom is -0.417 e. The topological polar surface area (TPSA) is 122 Å². The SMILES string of the molecule is CCC(C)C.CCCCCC(S)CC.COn1cc(C)c2ccccc21.O=C1CNC(=O)CNC(=O)C2CCCCN2C(=O)CN1. The van der Waals surface area contributed by atoms with Crippen LogP contribution in [0, 0.1) is 12.8 Å². The van der Waals surface area contributed by atoms with Crippen LogP contribution in [-0.4, -0.2) is 77.8 Å². The Morgan fingerprint density at radius 2 is 1.54 bits per heavy atom. The first-order chi connectivity index (χ1) is 22.0. The number of aryl methyl sites for hydroxylation is 1. The maximum Gasteiger partial charge on any atom is 0.243 e. The Labute approximate surface area is 282 Å². The van der Waals surface area contributed by atoms with Gasteiger partial charge in [0, 0.05) is 23.4 Å². The van der Waals surface area contributed by atoms with Crippen molar-refractivity contribution in [3.63, 3.8) is 0 Å². The van der Waals surface area contributed by atoms with Crippen molar-refractivity contribution in [3.05, 3.63) is 36.0 Å². The molecule has 2 atom stereocenters. The summed E-state index contributed by atoms with van der Waals surface area (Å²) in [6, 6.07) is 7.64. The van der Waals surface area contributed by atoms with Gasteiger partial charge in [-0.1, -0.05) is 78.5 Å². The molecule has 2 aromatic rings. The van der Waals surface area contributed by atoms with Crippen molar-refractivity contribution in [2.75, 3.05) is 33.3 Å². The van der Waals surface area contributed by atoms with Crippen LogP contribution in [0.25, 0.3) is 10.9 Å². The minimum absolute atomic E-state index is 0.154. The summed E-state index contributed by atoms with van der Waals surface area (Å²) < 4.78 is 1.78. The molecule has 4 amide bonds. The van der Waals surface area contributed by atoms with E-state index in [9.17, 15) is 19.2 Å². The summed E-state index contributed by atoms with van der Waals surface area (Å²) in [6.07, 6.45) is 12.1. The zero-order valence-electron chi connectivity index (χ0n) is 29.2. The zero-order chi connectivity index (χ0) is 34.5. The van der Waals surface area contributed by atoms with Crippen molar-refractivity contribution in [1.29, 1.82) is 0 Å². The number of carbonyl (C=O) groups is 4. The average molecular weight is 662 g/mol. The van der Waals surface area contributed by atoms with E-state index in [0.717, 1.165) is 24.3 Å². The van der Waals surface area contributed by atoms with Crippen LogP contribution in [0.5, 0.6) is 0 Å². The van der Waals surface area contributed by atoms with E-state index in [0.29, 0.717) is 18.2 Å². The number of rotatable bonds is 7. The number of nitrogens with one attached hydrogen (secondary N) is 3. The van der Waals surface area contributed by atoms with Gasteiger partial charge in [-0.05, 0) is 56.6 Å². The molecule has 0 aliphatic carbocycles. The van der Waals surface area contributed by atoms with Crippen LogP contribution in [0.4, 0.5) is 0 Å². The molecule has 3 N–H and O–H groups in total. The number of amides is 4. The lowest BCUT2D eigenvalue weighted by Crippen LogP contribution is -2.56. The van der Waals surface area contributed by atoms with Crippen molar-refractivity contribution in [2.45, 2.75) is 111 Å². The highest BCUT2D eigenvalue weighted by atomic mass is 32.1. The maximum absolute atomic E-state index is 12.1. The van der Waals surface area contributed by atoms with E-state index in [1.165, 1.54) is 54.4 Å². The summed E-state index contributed by atoms with van der Waals surface area (Å²) in [5.74, 6) is -0.560. The smallest absolute Gasteiger partial charge is 0.243 e. The Bertz CT molecular complexity index is 1160. The Hall–Kier alpha value is -3.21. The maximum atomic E-state index is 12.1. The third-order valence-corrected chi connectivity index (χ3v) is 8.56. The second-order valence-corrected chi connectivity index (χ2v) is 12.8. The van der Waals surface area contributed by atoms with Gasteiger partial charge >= 0.3 is 0 Å². The Morgan fingerprint density at radius 3 is 2.15 bits per heavy atom. The number of hydrogen-bond acceptors (Lipinski definition) is 6. The first kappa shape index (κ1) is 40.8. The van der Waals surface area contributed by atoms with E-state index in [-0.39, 0.29) is 31.4 Å². The molecular weight excluding hydrogens is 602 g/mol. The first-order valence-electron chi connectivity index (χ1n) is 16.9. The van der Waals surface area contributed by atoms with Gasteiger partial charge in [-0.2, -0.15) is 17.4 Å². The minimum atomic E-state index is -0.555. The van der Waals surface area contributed by atoms with Crippen molar-refractivity contribution in [2.24, 2.45) is 5.92 Å². The lowest BCUT2D eigenvalue weighted by Gasteiger charge is -2.35. The Kier molecular flexibility index (Phi) is 20.6. The largest absolute Gasteiger partial charge is 0.417 e. The van der Waals surface area contributed by atoms with Crippen LogP contribution in [-0.2, 0) is 19.2 Å². The van der Waals surface area contributed by atoms with Gasteiger partial charge in [0.1, 0.15) is 13.2 Å². The van der Waals surface area contributed by atoms with Crippen LogP contribution >= 0.6 is 12.6 Å². The van der Waals surface area contributed by atoms with Crippen molar-refractivity contribution < 1.29 is 24.0 Å². The van der Waals surface area contributed by atoms with E-state index in [2.05, 4.69) is 76.2 Å². The van der Waals surface area contributed by atoms with E-state index < -0.39 is 17.9 Å². The molecule has 4 rings (SSSR count). The molecule has 0 radical (unpaired) electrons. The number of nitrogens with zero attached hydrogens (tertiary/aromatic N) is 2. The number of para-hydroxylation sites is 1. The molecule has 3 heterocycles. The van der Waals surface area contributed by atoms with Gasteiger partial charge in [0.2, 0.25) is 23.6 Å². The lowest BCUT2D eigenvalue weighted by atomic mass is 10.0. The van der Waals surface area contributed by atoms with Gasteiger partial charge in [0.25, 0.3) is 0 Å². The number of benzene rings is 1. The zero-order valence-corrected chi connectivity index (χ0v) is 30.1. The van der Waals surface area contributed by atoms with Gasteiger partial charge < -0.3 is 25.7 Å². The van der Waals surface area contributed by atoms with E-state index in [1.807, 2.05) is 24.4 Å². The van der Waals surface area contributed by atoms with Crippen molar-refractivity contribution in [1.82, 2.24) is 25.6 Å². The molecule has 1 aromatic carbocycles. The molecule has 2 aliphatic rings. The average Bonchev–Trinajstić information content (AvgIpc) is 3.40. The van der Waals surface area contributed by atoms with Gasteiger partial charge in [0.05, 0.1) is 25.2 Å². The summed E-state index contributed by atoms with van der Waals surface area (Å²) in [7, 11) is 1.67. The molecule has 0 spiro atoms. The Balaban J connectivity index is 0.000000346. The highest BCUT2D eigenvalue weighted by Crippen LogP contribution is 2.19. The standard InChI is InChI=1S/C12H18N4O4.C10H11NO.C8H18S.C5H12/c17-9-5-13-10(18)6-15-12(20)8-3-1-2-4-16(8)11(19)7-14-9;1-8-7-11(12-2)10-6-4-3-5-9(8)10;1-3-5-6-7-8(9)4-2;1-4-5(2)3/h8H,1-7H2,(H,13,18)(H,14,17)(H,15,20);3-7H,1-2H3;8-9H,3-7H2,1-2H3;5H,4H2,1-3H3. The van der Waals surface area contributed by atoms with Crippen molar-refractivity contribution in [3.8, 4) is 0 Å². The number of hydrogen-bond donors (Lipinski definition) is 4. The van der Waals surface area contributed by atoms with E-state index >= 15 is 0 Å². The predicted molar refractivity (Wildman–Crippen MR) is 190 cm³/mol. The highest BCUT2D eigenvalue weighted by molar-refractivity contribution is 7.80. The number of aromatic nitrogens is 1. The van der Waals surface area contributed by atoms with Crippen LogP contribution in [0.3, 0.4) is 0 Å². The monoisotopic (exact) mass is 661 g/mol. The van der Waals surface area contributed by atoms with Crippen LogP contribution < -0.4 is 20.8 Å². The number of thiol groups is 1. The summed E-state index contributed by atoms with van der Waals surface area (Å²) in [6.45, 7) is 13.1. The molecule has 1 aromatic heterocycles. The molecule has 0 saturated carbocycles. The number of carbonyl (C=O) groups excluding carboxylic acids is 4. The molecule has 2 saturated heterocycles. The Morgan fingerprint density at radius 1 is 0.913 bits per heavy atom. The first-order valence-corrected chi connectivity index (χ1v) is 17.4. The summed E-state index contributed by atoms with van der Waals surface area (Å²) in [4.78, 5) is 53.6. The van der Waals surface area contributed by atoms with Gasteiger partial charge in [-0.25, -0.2) is 0 Å². The van der Waals surface area contributed by atoms with Gasteiger partial charge in [0.15, 0.2) is 0 Å². The summed E-state index contributed by atoms with van der Waals surface area (Å²) in [5, 5.41) is 9.22. The van der Waals surface area contributed by atoms with Crippen LogP contribution in [0.15, 0.2) is 30.5 Å². The third kappa shape index (κ3) is 15.4. The predicted octanol–water partition coefficient (Wildman–Crippen LogP) is 5.07. The fourth-order valence-corrected chi connectivity index (χ4v) is 4.85. The third-order valence-electron chi connectivity index (χ3n) is 7.93. The van der Waals surface area contributed by atoms with E-state index in [1.54, 1.807) is 11.8 Å². The highest BCUT2D eigenvalue weighted by Gasteiger charge is 2.32. The molecule has 2 fully saturated rings. The van der Waals surface area contributed by atoms with Gasteiger partial charge in [-0.3, -0.25) is 19.2 Å². The van der Waals surface area contributed by atoms with Crippen molar-refractivity contribution >= 4 is 47.2 Å². The molecule has 2 aliphatic heterocycles. The molecule has 2 unspecified atom stereocenters. The lowest BCUT2D eigenvalue weighted by molar-refractivity contribution is -0.143. The van der Waals surface area contributed by atoms with Crippen LogP contribution in [0.2, 0.25) is 0 Å². The fraction of sp³-hybridized carbons (Fsp3) is 0.657. The molecular formula is C35H59N5O5S. The second kappa shape index (κ2) is 23.2. The van der Waals surface area contributed by atoms with Gasteiger partial charge in [-0.15, -0.1) is 0 Å². The molecule has 0 bridgehead atoms. The second-order valence-electron chi connectivity index (χ2n) is 12.1. The fourth-order valence-electron chi connectivity index (χ4n) is 4.67. The molecule has 10 nitrogen and oxygen atoms in total. The number of fused-ring (bicyclic) bond motifs is 2. The summed E-state index contributed by atoms with van der Waals surface area (Å²) >= 11 is 4.40. The van der Waals surface area contributed by atoms with Crippen LogP contribution in [0.1, 0.15) is 98.0 Å². The quantitative estimate of drug-likeness (QED) is 0.244. The van der Waals surface area contributed by atoms with E-state index in [4.69, 9.17) is 4.84 Å². The number of piperidine rings is 1. The summed E-state index contributed by atoms with van der Waals surface area (Å²) in [5.41, 5.74) is 2.37. The normalized spacial score (nSPS) is 17.6. The molecule has 260 valence electrons. The number of unbranched alkanes of at least 4 members (excludes halogenated alkanes) is 2.